The van der Waals surface area contributed by atoms with Gasteiger partial charge < -0.3 is 15.2 Å². The molecule has 0 aliphatic carbocycles. The molecule has 0 aliphatic heterocycles. The number of ether oxygens (including phenoxy) is 2. The Kier molecular flexibility index (Phi) is 3.49. The molecule has 3 aromatic rings. The van der Waals surface area contributed by atoms with Crippen molar-refractivity contribution in [1.82, 2.24) is 15.2 Å². The monoisotopic (exact) mass is 302 g/mol. The van der Waals surface area contributed by atoms with Gasteiger partial charge in [0.1, 0.15) is 10.8 Å². The first-order valence-electron chi connectivity index (χ1n) is 6.20. The standard InChI is InChI=1S/C14H14N4O2S/c1-19-11-4-3-8(5-12(11)20-2)10-7-21-14(17-10)9-6-16-18-13(9)15/h3-7H,1-2H3,(H3,15,16,18). The number of methoxy groups -OCH3 is 2. The first-order chi connectivity index (χ1) is 10.2. The zero-order valence-electron chi connectivity index (χ0n) is 11.6. The predicted octanol–water partition coefficient (Wildman–Crippen LogP) is 2.80. The topological polar surface area (TPSA) is 86.0 Å². The molecule has 0 radical (unpaired) electrons. The van der Waals surface area contributed by atoms with E-state index in [1.807, 2.05) is 23.6 Å². The fraction of sp³-hybridized carbons (Fsp3) is 0.143. The number of nitrogens with zero attached hydrogens (tertiary/aromatic N) is 2. The van der Waals surface area contributed by atoms with Crippen LogP contribution < -0.4 is 15.2 Å². The van der Waals surface area contributed by atoms with Gasteiger partial charge in [-0.3, -0.25) is 5.10 Å². The highest BCUT2D eigenvalue weighted by Gasteiger charge is 2.12. The van der Waals surface area contributed by atoms with Gasteiger partial charge in [0.15, 0.2) is 11.5 Å². The lowest BCUT2D eigenvalue weighted by molar-refractivity contribution is 0.355. The zero-order valence-corrected chi connectivity index (χ0v) is 12.4. The Hall–Kier alpha value is -2.54. The van der Waals surface area contributed by atoms with Crippen molar-refractivity contribution in [2.75, 3.05) is 20.0 Å². The van der Waals surface area contributed by atoms with Gasteiger partial charge in [0.2, 0.25) is 0 Å². The van der Waals surface area contributed by atoms with Crippen molar-refractivity contribution in [3.8, 4) is 33.3 Å². The Bertz CT molecular complexity index is 766. The summed E-state index contributed by atoms with van der Waals surface area (Å²) in [7, 11) is 3.22. The van der Waals surface area contributed by atoms with E-state index in [4.69, 9.17) is 15.2 Å². The predicted molar refractivity (Wildman–Crippen MR) is 82.6 cm³/mol. The van der Waals surface area contributed by atoms with E-state index in [0.29, 0.717) is 17.3 Å². The van der Waals surface area contributed by atoms with E-state index >= 15 is 0 Å². The first kappa shape index (κ1) is 13.4. The lowest BCUT2D eigenvalue weighted by Crippen LogP contribution is -1.91. The summed E-state index contributed by atoms with van der Waals surface area (Å²) in [6.45, 7) is 0. The van der Waals surface area contributed by atoms with E-state index in [2.05, 4.69) is 15.2 Å². The van der Waals surface area contributed by atoms with Gasteiger partial charge in [-0.05, 0) is 18.2 Å². The number of nitrogens with one attached hydrogen (secondary N) is 1. The van der Waals surface area contributed by atoms with Crippen LogP contribution in [0, 0.1) is 0 Å². The van der Waals surface area contributed by atoms with E-state index in [1.54, 1.807) is 20.4 Å². The maximum atomic E-state index is 5.82. The van der Waals surface area contributed by atoms with Crippen molar-refractivity contribution in [2.24, 2.45) is 0 Å². The lowest BCUT2D eigenvalue weighted by Gasteiger charge is -2.08. The van der Waals surface area contributed by atoms with Crippen LogP contribution >= 0.6 is 11.3 Å². The second-order valence-electron chi connectivity index (χ2n) is 4.31. The average molecular weight is 302 g/mol. The van der Waals surface area contributed by atoms with Gasteiger partial charge in [0.05, 0.1) is 31.7 Å². The van der Waals surface area contributed by atoms with Crippen LogP contribution in [0.3, 0.4) is 0 Å². The maximum absolute atomic E-state index is 5.82. The second kappa shape index (κ2) is 5.45. The van der Waals surface area contributed by atoms with Crippen molar-refractivity contribution in [1.29, 1.82) is 0 Å². The molecule has 0 atom stereocenters. The van der Waals surface area contributed by atoms with Crippen molar-refractivity contribution >= 4 is 17.2 Å². The molecule has 0 spiro atoms. The number of anilines is 1. The van der Waals surface area contributed by atoms with Gasteiger partial charge in [-0.15, -0.1) is 11.3 Å². The number of nitrogen functional groups attached to an aromatic ring is 1. The number of thiazole rings is 1. The summed E-state index contributed by atoms with van der Waals surface area (Å²) in [5, 5.41) is 9.42. The highest BCUT2D eigenvalue weighted by Crippen LogP contribution is 2.35. The van der Waals surface area contributed by atoms with E-state index in [1.165, 1.54) is 11.3 Å². The number of hydrogen-bond acceptors (Lipinski definition) is 6. The summed E-state index contributed by atoms with van der Waals surface area (Å²) in [5.41, 5.74) is 8.44. The molecule has 0 fully saturated rings. The molecule has 1 aromatic carbocycles. The molecule has 0 saturated heterocycles. The van der Waals surface area contributed by atoms with E-state index in [0.717, 1.165) is 21.8 Å². The summed E-state index contributed by atoms with van der Waals surface area (Å²) in [6.07, 6.45) is 1.67. The largest absolute Gasteiger partial charge is 0.493 e. The fourth-order valence-electron chi connectivity index (χ4n) is 1.99. The summed E-state index contributed by atoms with van der Waals surface area (Å²) in [4.78, 5) is 4.60. The zero-order chi connectivity index (χ0) is 14.8. The van der Waals surface area contributed by atoms with Crippen molar-refractivity contribution in [2.45, 2.75) is 0 Å². The van der Waals surface area contributed by atoms with Crippen LogP contribution in [0.1, 0.15) is 0 Å². The van der Waals surface area contributed by atoms with Gasteiger partial charge in [0, 0.05) is 10.9 Å². The van der Waals surface area contributed by atoms with Gasteiger partial charge in [0.25, 0.3) is 0 Å². The molecule has 0 aliphatic rings. The van der Waals surface area contributed by atoms with Crippen LogP contribution in [-0.4, -0.2) is 29.4 Å². The molecule has 21 heavy (non-hydrogen) atoms. The highest BCUT2D eigenvalue weighted by molar-refractivity contribution is 7.13. The van der Waals surface area contributed by atoms with E-state index < -0.39 is 0 Å². The third-order valence-corrected chi connectivity index (χ3v) is 3.96. The fourth-order valence-corrected chi connectivity index (χ4v) is 2.84. The van der Waals surface area contributed by atoms with E-state index in [9.17, 15) is 0 Å². The minimum atomic E-state index is 0.517. The molecule has 0 saturated carbocycles. The Morgan fingerprint density at radius 2 is 2.00 bits per heavy atom. The SMILES string of the molecule is COc1ccc(-c2csc(-c3cn[nH]c3N)n2)cc1OC. The van der Waals surface area contributed by atoms with Crippen LogP contribution in [0.25, 0.3) is 21.8 Å². The highest BCUT2D eigenvalue weighted by atomic mass is 32.1. The smallest absolute Gasteiger partial charge is 0.161 e. The van der Waals surface area contributed by atoms with Crippen molar-refractivity contribution in [3.05, 3.63) is 29.8 Å². The van der Waals surface area contributed by atoms with Gasteiger partial charge in [-0.25, -0.2) is 4.98 Å². The Labute approximate surface area is 125 Å². The van der Waals surface area contributed by atoms with E-state index in [-0.39, 0.29) is 0 Å². The number of aromatic amines is 1. The van der Waals surface area contributed by atoms with Gasteiger partial charge in [-0.1, -0.05) is 0 Å². The number of rotatable bonds is 4. The normalized spacial score (nSPS) is 10.6. The molecule has 0 bridgehead atoms. The number of hydrogen-bond donors (Lipinski definition) is 2. The number of nitrogens with two attached hydrogens (primary N) is 1. The minimum absolute atomic E-state index is 0.517. The van der Waals surface area contributed by atoms with Gasteiger partial charge in [-0.2, -0.15) is 5.10 Å². The summed E-state index contributed by atoms with van der Waals surface area (Å²) in [5.74, 6) is 1.88. The average Bonchev–Trinajstić information content (AvgIpc) is 3.15. The van der Waals surface area contributed by atoms with Crippen LogP contribution in [0.15, 0.2) is 29.8 Å². The molecule has 0 unspecified atom stereocenters. The van der Waals surface area contributed by atoms with Gasteiger partial charge >= 0.3 is 0 Å². The summed E-state index contributed by atoms with van der Waals surface area (Å²) < 4.78 is 10.5. The second-order valence-corrected chi connectivity index (χ2v) is 5.16. The number of H-pyrrole nitrogens is 1. The molecule has 0 amide bonds. The molecule has 3 rings (SSSR count). The summed E-state index contributed by atoms with van der Waals surface area (Å²) in [6, 6.07) is 5.70. The Balaban J connectivity index is 1.98. The third kappa shape index (κ3) is 2.43. The Morgan fingerprint density at radius 3 is 2.67 bits per heavy atom. The first-order valence-corrected chi connectivity index (χ1v) is 7.08. The van der Waals surface area contributed by atoms with Crippen molar-refractivity contribution in [3.63, 3.8) is 0 Å². The minimum Gasteiger partial charge on any atom is -0.493 e. The van der Waals surface area contributed by atoms with Crippen LogP contribution in [0.5, 0.6) is 11.5 Å². The molecular weight excluding hydrogens is 288 g/mol. The molecule has 3 N–H and O–H groups in total. The quantitative estimate of drug-likeness (QED) is 0.774. The molecule has 2 heterocycles. The number of aromatic nitrogens is 3. The van der Waals surface area contributed by atoms with Crippen LogP contribution in [-0.2, 0) is 0 Å². The molecule has 108 valence electrons. The molecular formula is C14H14N4O2S. The molecule has 6 nitrogen and oxygen atoms in total. The number of benzene rings is 1. The van der Waals surface area contributed by atoms with Crippen LogP contribution in [0.2, 0.25) is 0 Å². The van der Waals surface area contributed by atoms with Crippen LogP contribution in [0.4, 0.5) is 5.82 Å². The van der Waals surface area contributed by atoms with Crippen molar-refractivity contribution < 1.29 is 9.47 Å². The lowest BCUT2D eigenvalue weighted by atomic mass is 10.1. The Morgan fingerprint density at radius 1 is 1.19 bits per heavy atom. The third-order valence-electron chi connectivity index (χ3n) is 3.08. The molecule has 2 aromatic heterocycles. The maximum Gasteiger partial charge on any atom is 0.161 e. The summed E-state index contributed by atoms with van der Waals surface area (Å²) >= 11 is 1.52. The molecule has 7 heteroatoms.